The molecule has 5 nitrogen and oxygen atoms in total. The average molecular weight is 341 g/mol. The molecule has 1 aromatic heterocycles. The van der Waals surface area contributed by atoms with E-state index in [1.165, 1.54) is 30.0 Å². The second-order valence-corrected chi connectivity index (χ2v) is 5.40. The van der Waals surface area contributed by atoms with E-state index in [2.05, 4.69) is 37.9 Å². The Hall–Kier alpha value is -3.09. The van der Waals surface area contributed by atoms with Crippen LogP contribution in [0.15, 0.2) is 54.7 Å². The van der Waals surface area contributed by atoms with Crippen LogP contribution in [0.25, 0.3) is 0 Å². The molecule has 0 saturated heterocycles. The van der Waals surface area contributed by atoms with Crippen LogP contribution in [0.5, 0.6) is 0 Å². The van der Waals surface area contributed by atoms with Crippen LogP contribution in [-0.4, -0.2) is 21.7 Å². The lowest BCUT2D eigenvalue weighted by atomic mass is 10.1. The number of aromatic nitrogens is 3. The lowest BCUT2D eigenvalue weighted by Gasteiger charge is -2.09. The van der Waals surface area contributed by atoms with Crippen molar-refractivity contribution in [1.29, 1.82) is 0 Å². The minimum Gasteiger partial charge on any atom is -0.353 e. The van der Waals surface area contributed by atoms with E-state index in [4.69, 9.17) is 0 Å². The normalized spacial score (nSPS) is 10.5. The highest BCUT2D eigenvalue weighted by molar-refractivity contribution is 5.57. The second kappa shape index (κ2) is 8.14. The van der Waals surface area contributed by atoms with Crippen molar-refractivity contribution in [1.82, 2.24) is 15.2 Å². The average Bonchev–Trinajstić information content (AvgIpc) is 2.63. The number of para-hydroxylation sites is 1. The van der Waals surface area contributed by atoms with Crippen molar-refractivity contribution in [2.24, 2.45) is 0 Å². The summed E-state index contributed by atoms with van der Waals surface area (Å²) < 4.78 is 27.3. The molecular formula is C18H17F2N5. The highest BCUT2D eigenvalue weighted by Crippen LogP contribution is 2.21. The monoisotopic (exact) mass is 341 g/mol. The summed E-state index contributed by atoms with van der Waals surface area (Å²) in [5.74, 6) is -0.883. The van der Waals surface area contributed by atoms with E-state index >= 15 is 0 Å². The molecule has 0 radical (unpaired) electrons. The van der Waals surface area contributed by atoms with E-state index in [0.717, 1.165) is 12.8 Å². The van der Waals surface area contributed by atoms with E-state index in [1.807, 2.05) is 18.2 Å². The third-order valence-electron chi connectivity index (χ3n) is 3.54. The molecule has 25 heavy (non-hydrogen) atoms. The highest BCUT2D eigenvalue weighted by atomic mass is 19.1. The minimum atomic E-state index is -0.698. The van der Waals surface area contributed by atoms with Crippen molar-refractivity contribution in [2.75, 3.05) is 17.2 Å². The summed E-state index contributed by atoms with van der Waals surface area (Å²) in [6, 6.07) is 13.8. The van der Waals surface area contributed by atoms with Crippen molar-refractivity contribution < 1.29 is 8.78 Å². The van der Waals surface area contributed by atoms with Crippen LogP contribution < -0.4 is 10.6 Å². The molecule has 0 aliphatic heterocycles. The first kappa shape index (κ1) is 16.8. The third kappa shape index (κ3) is 4.69. The summed E-state index contributed by atoms with van der Waals surface area (Å²) in [5.41, 5.74) is 0.992. The zero-order valence-electron chi connectivity index (χ0n) is 13.4. The van der Waals surface area contributed by atoms with Crippen molar-refractivity contribution in [3.05, 3.63) is 71.9 Å². The van der Waals surface area contributed by atoms with Crippen molar-refractivity contribution in [3.8, 4) is 0 Å². The maximum atomic E-state index is 13.7. The molecule has 7 heteroatoms. The summed E-state index contributed by atoms with van der Waals surface area (Å²) in [5, 5.41) is 13.3. The van der Waals surface area contributed by atoms with Gasteiger partial charge in [0.25, 0.3) is 0 Å². The number of aryl methyl sites for hydroxylation is 1. The first-order valence-corrected chi connectivity index (χ1v) is 7.91. The molecular weight excluding hydrogens is 324 g/mol. The number of hydrogen-bond acceptors (Lipinski definition) is 5. The molecule has 128 valence electrons. The predicted octanol–water partition coefficient (Wildman–Crippen LogP) is 3.94. The number of rotatable bonds is 7. The molecule has 0 spiro atoms. The van der Waals surface area contributed by atoms with Gasteiger partial charge in [0.05, 0.1) is 6.20 Å². The largest absolute Gasteiger partial charge is 0.353 e. The van der Waals surface area contributed by atoms with Gasteiger partial charge in [-0.2, -0.15) is 10.1 Å². The van der Waals surface area contributed by atoms with Crippen LogP contribution in [0, 0.1) is 11.6 Å². The topological polar surface area (TPSA) is 62.7 Å². The zero-order chi connectivity index (χ0) is 17.5. The van der Waals surface area contributed by atoms with E-state index in [0.29, 0.717) is 12.5 Å². The Morgan fingerprint density at radius 3 is 2.44 bits per heavy atom. The molecule has 0 aliphatic carbocycles. The first-order valence-electron chi connectivity index (χ1n) is 7.91. The lowest BCUT2D eigenvalue weighted by molar-refractivity contribution is 0.590. The molecule has 0 bridgehead atoms. The van der Waals surface area contributed by atoms with Gasteiger partial charge in [0.15, 0.2) is 5.82 Å². The number of nitrogens with zero attached hydrogens (tertiary/aromatic N) is 3. The van der Waals surface area contributed by atoms with Gasteiger partial charge in [-0.05, 0) is 30.5 Å². The molecule has 3 aromatic rings. The van der Waals surface area contributed by atoms with Gasteiger partial charge in [0.1, 0.15) is 17.3 Å². The molecule has 0 saturated carbocycles. The number of hydrogen-bond donors (Lipinski definition) is 2. The zero-order valence-corrected chi connectivity index (χ0v) is 13.4. The Morgan fingerprint density at radius 1 is 0.920 bits per heavy atom. The minimum absolute atomic E-state index is 0.213. The van der Waals surface area contributed by atoms with Crippen LogP contribution in [0.1, 0.15) is 12.0 Å². The first-order chi connectivity index (χ1) is 12.2. The predicted molar refractivity (Wildman–Crippen MR) is 92.7 cm³/mol. The molecule has 0 aliphatic rings. The number of halogens is 2. The van der Waals surface area contributed by atoms with Crippen LogP contribution in [-0.2, 0) is 6.42 Å². The van der Waals surface area contributed by atoms with Gasteiger partial charge >= 0.3 is 0 Å². The van der Waals surface area contributed by atoms with E-state index in [9.17, 15) is 8.78 Å². The van der Waals surface area contributed by atoms with Crippen LogP contribution in [0.3, 0.4) is 0 Å². The lowest BCUT2D eigenvalue weighted by Crippen LogP contribution is -2.09. The molecule has 0 unspecified atom stereocenters. The SMILES string of the molecule is Fc1cccc(F)c1Nc1cnnc(NCCCc2ccccc2)n1. The fourth-order valence-electron chi connectivity index (χ4n) is 2.32. The van der Waals surface area contributed by atoms with Crippen LogP contribution in [0.2, 0.25) is 0 Å². The number of benzene rings is 2. The summed E-state index contributed by atoms with van der Waals surface area (Å²) in [6.07, 6.45) is 3.13. The molecule has 0 atom stereocenters. The van der Waals surface area contributed by atoms with E-state index < -0.39 is 11.6 Å². The smallest absolute Gasteiger partial charge is 0.244 e. The Morgan fingerprint density at radius 2 is 1.68 bits per heavy atom. The Kier molecular flexibility index (Phi) is 5.46. The van der Waals surface area contributed by atoms with E-state index in [1.54, 1.807) is 0 Å². The van der Waals surface area contributed by atoms with Gasteiger partial charge in [-0.15, -0.1) is 5.10 Å². The van der Waals surface area contributed by atoms with Gasteiger partial charge < -0.3 is 10.6 Å². The van der Waals surface area contributed by atoms with Crippen molar-refractivity contribution in [3.63, 3.8) is 0 Å². The summed E-state index contributed by atoms with van der Waals surface area (Å²) >= 11 is 0. The maximum absolute atomic E-state index is 13.7. The molecule has 2 N–H and O–H groups in total. The van der Waals surface area contributed by atoms with Gasteiger partial charge in [-0.1, -0.05) is 36.4 Å². The molecule has 0 fully saturated rings. The highest BCUT2D eigenvalue weighted by Gasteiger charge is 2.10. The standard InChI is InChI=1S/C18H17F2N5/c19-14-9-4-10-15(20)17(14)23-16-12-22-25-18(24-16)21-11-5-8-13-6-2-1-3-7-13/h1-4,6-7,9-10,12H,5,8,11H2,(H2,21,23,24,25). The molecule has 1 heterocycles. The van der Waals surface area contributed by atoms with Crippen LogP contribution >= 0.6 is 0 Å². The number of anilines is 3. The second-order valence-electron chi connectivity index (χ2n) is 5.40. The Balaban J connectivity index is 1.56. The number of nitrogens with one attached hydrogen (secondary N) is 2. The van der Waals surface area contributed by atoms with Gasteiger partial charge in [0.2, 0.25) is 5.95 Å². The van der Waals surface area contributed by atoms with Crippen molar-refractivity contribution >= 4 is 17.5 Å². The summed E-state index contributed by atoms with van der Waals surface area (Å²) in [7, 11) is 0. The van der Waals surface area contributed by atoms with E-state index in [-0.39, 0.29) is 11.5 Å². The Bertz CT molecular complexity index is 806. The molecule has 0 amide bonds. The van der Waals surface area contributed by atoms with Crippen molar-refractivity contribution in [2.45, 2.75) is 12.8 Å². The fraction of sp³-hybridized carbons (Fsp3) is 0.167. The van der Waals surface area contributed by atoms with Crippen LogP contribution in [0.4, 0.5) is 26.2 Å². The molecule has 3 rings (SSSR count). The molecule has 2 aromatic carbocycles. The summed E-state index contributed by atoms with van der Waals surface area (Å²) in [6.45, 7) is 0.661. The third-order valence-corrected chi connectivity index (χ3v) is 3.54. The Labute approximate surface area is 144 Å². The van der Waals surface area contributed by atoms with Gasteiger partial charge in [0, 0.05) is 6.54 Å². The van der Waals surface area contributed by atoms with Gasteiger partial charge in [-0.3, -0.25) is 0 Å². The maximum Gasteiger partial charge on any atom is 0.244 e. The quantitative estimate of drug-likeness (QED) is 0.638. The fourth-order valence-corrected chi connectivity index (χ4v) is 2.32. The summed E-state index contributed by atoms with van der Waals surface area (Å²) in [4.78, 5) is 4.17. The van der Waals surface area contributed by atoms with Gasteiger partial charge in [-0.25, -0.2) is 8.78 Å².